The van der Waals surface area contributed by atoms with Gasteiger partial charge in [-0.15, -0.1) is 0 Å². The standard InChI is InChI=1S/C21H22FN3O3/c22-16-3-1-2-15(10-16)12-24-8-9-25-19(13-24)20(27)23-18(21(25)28)11-14-4-6-17(26)7-5-14/h1-7,10,18-19,26H,8-9,11-13H2,(H,23,27)/t18-,19+/m0/s1. The van der Waals surface area contributed by atoms with Gasteiger partial charge in [-0.3, -0.25) is 14.5 Å². The molecule has 4 rings (SSSR count). The Bertz CT molecular complexity index is 887. The summed E-state index contributed by atoms with van der Waals surface area (Å²) in [6.07, 6.45) is 0.390. The summed E-state index contributed by atoms with van der Waals surface area (Å²) < 4.78 is 13.4. The van der Waals surface area contributed by atoms with E-state index in [9.17, 15) is 19.1 Å². The highest BCUT2D eigenvalue weighted by molar-refractivity contribution is 5.97. The minimum atomic E-state index is -0.594. The quantitative estimate of drug-likeness (QED) is 0.835. The highest BCUT2D eigenvalue weighted by Crippen LogP contribution is 2.20. The average Bonchev–Trinajstić information content (AvgIpc) is 2.68. The van der Waals surface area contributed by atoms with Gasteiger partial charge in [-0.25, -0.2) is 4.39 Å². The van der Waals surface area contributed by atoms with E-state index in [0.717, 1.165) is 11.1 Å². The van der Waals surface area contributed by atoms with Crippen LogP contribution in [0.25, 0.3) is 0 Å². The Morgan fingerprint density at radius 2 is 1.86 bits per heavy atom. The van der Waals surface area contributed by atoms with Crippen molar-refractivity contribution in [1.82, 2.24) is 15.1 Å². The monoisotopic (exact) mass is 383 g/mol. The second-order valence-corrected chi connectivity index (χ2v) is 7.34. The third-order valence-electron chi connectivity index (χ3n) is 5.34. The molecule has 2 aromatic carbocycles. The molecule has 2 aliphatic rings. The molecule has 0 spiro atoms. The number of nitrogens with one attached hydrogen (secondary N) is 1. The number of phenols is 1. The van der Waals surface area contributed by atoms with E-state index in [0.29, 0.717) is 32.6 Å². The number of piperazine rings is 2. The van der Waals surface area contributed by atoms with Crippen LogP contribution in [0.1, 0.15) is 11.1 Å². The summed E-state index contributed by atoms with van der Waals surface area (Å²) in [6, 6.07) is 11.9. The number of aromatic hydroxyl groups is 1. The second-order valence-electron chi connectivity index (χ2n) is 7.34. The highest BCUT2D eigenvalue weighted by atomic mass is 19.1. The summed E-state index contributed by atoms with van der Waals surface area (Å²) in [4.78, 5) is 29.3. The van der Waals surface area contributed by atoms with E-state index in [-0.39, 0.29) is 23.4 Å². The number of benzene rings is 2. The van der Waals surface area contributed by atoms with Crippen molar-refractivity contribution in [1.29, 1.82) is 0 Å². The second kappa shape index (κ2) is 7.59. The lowest BCUT2D eigenvalue weighted by atomic mass is 9.98. The van der Waals surface area contributed by atoms with Crippen molar-refractivity contribution >= 4 is 11.8 Å². The van der Waals surface area contributed by atoms with Gasteiger partial charge in [-0.1, -0.05) is 24.3 Å². The number of amides is 2. The number of hydrogen-bond acceptors (Lipinski definition) is 4. The predicted molar refractivity (Wildman–Crippen MR) is 101 cm³/mol. The molecule has 28 heavy (non-hydrogen) atoms. The van der Waals surface area contributed by atoms with E-state index in [1.165, 1.54) is 12.1 Å². The smallest absolute Gasteiger partial charge is 0.246 e. The fraction of sp³-hybridized carbons (Fsp3) is 0.333. The number of phenolic OH excluding ortho intramolecular Hbond substituents is 1. The summed E-state index contributed by atoms with van der Waals surface area (Å²) in [5.74, 6) is -0.355. The zero-order valence-electron chi connectivity index (χ0n) is 15.3. The van der Waals surface area contributed by atoms with E-state index in [1.54, 1.807) is 35.2 Å². The molecule has 7 heteroatoms. The first-order valence-electron chi connectivity index (χ1n) is 9.35. The lowest BCUT2D eigenvalue weighted by Crippen LogP contribution is -2.69. The largest absolute Gasteiger partial charge is 0.508 e. The van der Waals surface area contributed by atoms with Crippen LogP contribution in [0.4, 0.5) is 4.39 Å². The van der Waals surface area contributed by atoms with Crippen LogP contribution >= 0.6 is 0 Å². The van der Waals surface area contributed by atoms with Crippen LogP contribution in [0.5, 0.6) is 5.75 Å². The Hall–Kier alpha value is -2.93. The molecule has 2 N–H and O–H groups in total. The van der Waals surface area contributed by atoms with E-state index in [1.807, 2.05) is 6.07 Å². The molecule has 2 heterocycles. The molecule has 0 unspecified atom stereocenters. The fourth-order valence-corrected chi connectivity index (χ4v) is 3.90. The molecule has 0 saturated carbocycles. The number of halogens is 1. The van der Waals surface area contributed by atoms with Crippen LogP contribution in [0.3, 0.4) is 0 Å². The molecule has 0 aliphatic carbocycles. The van der Waals surface area contributed by atoms with Crippen molar-refractivity contribution in [2.24, 2.45) is 0 Å². The van der Waals surface area contributed by atoms with Crippen LogP contribution in [0, 0.1) is 5.82 Å². The fourth-order valence-electron chi connectivity index (χ4n) is 3.90. The Morgan fingerprint density at radius 1 is 1.07 bits per heavy atom. The Balaban J connectivity index is 1.41. The number of nitrogens with zero attached hydrogens (tertiary/aromatic N) is 2. The van der Waals surface area contributed by atoms with E-state index >= 15 is 0 Å². The predicted octanol–water partition coefficient (Wildman–Crippen LogP) is 1.29. The van der Waals surface area contributed by atoms with Gasteiger partial charge in [0.05, 0.1) is 0 Å². The maximum absolute atomic E-state index is 13.4. The summed E-state index contributed by atoms with van der Waals surface area (Å²) in [5, 5.41) is 12.2. The Kier molecular flexibility index (Phi) is 5.00. The zero-order valence-corrected chi connectivity index (χ0v) is 15.3. The van der Waals surface area contributed by atoms with E-state index in [2.05, 4.69) is 10.2 Å². The van der Waals surface area contributed by atoms with E-state index < -0.39 is 12.1 Å². The first-order chi connectivity index (χ1) is 13.5. The van der Waals surface area contributed by atoms with Crippen LogP contribution in [0.15, 0.2) is 48.5 Å². The minimum absolute atomic E-state index is 0.0805. The summed E-state index contributed by atoms with van der Waals surface area (Å²) in [5.41, 5.74) is 1.72. The van der Waals surface area contributed by atoms with Crippen LogP contribution in [0.2, 0.25) is 0 Å². The van der Waals surface area contributed by atoms with E-state index in [4.69, 9.17) is 0 Å². The molecule has 2 aliphatic heterocycles. The first-order valence-corrected chi connectivity index (χ1v) is 9.35. The summed E-state index contributed by atoms with van der Waals surface area (Å²) >= 11 is 0. The maximum atomic E-state index is 13.4. The number of carbonyl (C=O) groups is 2. The molecule has 0 radical (unpaired) electrons. The molecule has 2 aromatic rings. The lowest BCUT2D eigenvalue weighted by molar-refractivity contribution is -0.153. The molecule has 0 bridgehead atoms. The van der Waals surface area contributed by atoms with Gasteiger partial charge in [-0.2, -0.15) is 0 Å². The molecular formula is C21H22FN3O3. The lowest BCUT2D eigenvalue weighted by Gasteiger charge is -2.45. The summed E-state index contributed by atoms with van der Waals surface area (Å²) in [6.45, 7) is 2.08. The van der Waals surface area contributed by atoms with Gasteiger partial charge >= 0.3 is 0 Å². The van der Waals surface area contributed by atoms with Crippen molar-refractivity contribution < 1.29 is 19.1 Å². The molecule has 2 atom stereocenters. The average molecular weight is 383 g/mol. The zero-order chi connectivity index (χ0) is 19.7. The van der Waals surface area contributed by atoms with Crippen LogP contribution < -0.4 is 5.32 Å². The Labute approximate surface area is 162 Å². The van der Waals surface area contributed by atoms with Gasteiger partial charge in [0.25, 0.3) is 0 Å². The van der Waals surface area contributed by atoms with Crippen molar-refractivity contribution in [3.8, 4) is 5.75 Å². The van der Waals surface area contributed by atoms with Crippen LogP contribution in [-0.2, 0) is 22.6 Å². The number of carbonyl (C=O) groups excluding carboxylic acids is 2. The van der Waals surface area contributed by atoms with Gasteiger partial charge in [0.2, 0.25) is 11.8 Å². The molecule has 2 amide bonds. The number of rotatable bonds is 4. The molecule has 6 nitrogen and oxygen atoms in total. The maximum Gasteiger partial charge on any atom is 0.246 e. The Morgan fingerprint density at radius 3 is 2.61 bits per heavy atom. The van der Waals surface area contributed by atoms with Gasteiger partial charge in [-0.05, 0) is 35.4 Å². The van der Waals surface area contributed by atoms with Crippen LogP contribution in [-0.4, -0.2) is 58.4 Å². The SMILES string of the molecule is O=C1N[C@@H](Cc2ccc(O)cc2)C(=O)N2CCN(Cc3cccc(F)c3)C[C@H]12. The molecule has 146 valence electrons. The minimum Gasteiger partial charge on any atom is -0.508 e. The van der Waals surface area contributed by atoms with Crippen molar-refractivity contribution in [2.45, 2.75) is 25.0 Å². The van der Waals surface area contributed by atoms with Gasteiger partial charge in [0.15, 0.2) is 0 Å². The van der Waals surface area contributed by atoms with Gasteiger partial charge in [0.1, 0.15) is 23.7 Å². The number of hydrogen-bond donors (Lipinski definition) is 2. The molecule has 2 saturated heterocycles. The van der Waals surface area contributed by atoms with Crippen molar-refractivity contribution in [2.75, 3.05) is 19.6 Å². The molecule has 0 aromatic heterocycles. The number of fused-ring (bicyclic) bond motifs is 1. The normalized spacial score (nSPS) is 22.7. The van der Waals surface area contributed by atoms with Crippen molar-refractivity contribution in [3.05, 3.63) is 65.5 Å². The van der Waals surface area contributed by atoms with Gasteiger partial charge < -0.3 is 15.3 Å². The highest BCUT2D eigenvalue weighted by Gasteiger charge is 2.43. The third kappa shape index (κ3) is 3.84. The third-order valence-corrected chi connectivity index (χ3v) is 5.34. The first kappa shape index (κ1) is 18.4. The summed E-state index contributed by atoms with van der Waals surface area (Å²) in [7, 11) is 0. The van der Waals surface area contributed by atoms with Crippen molar-refractivity contribution in [3.63, 3.8) is 0 Å². The molecule has 2 fully saturated rings. The topological polar surface area (TPSA) is 72.9 Å². The molecular weight excluding hydrogens is 361 g/mol. The van der Waals surface area contributed by atoms with Gasteiger partial charge in [0, 0.05) is 32.6 Å².